The molecule has 9 aromatic rings. The molecule has 0 fully saturated rings. The Balaban J connectivity index is 1.13. The van der Waals surface area contributed by atoms with E-state index in [0.29, 0.717) is 0 Å². The first-order valence-corrected chi connectivity index (χ1v) is 17.2. The summed E-state index contributed by atoms with van der Waals surface area (Å²) in [6.45, 7) is 0. The number of hydrogen-bond donors (Lipinski definition) is 0. The summed E-state index contributed by atoms with van der Waals surface area (Å²) < 4.78 is 0. The van der Waals surface area contributed by atoms with E-state index in [1.165, 1.54) is 44.2 Å². The largest absolute Gasteiger partial charge is 0.256 e. The lowest BCUT2D eigenvalue weighted by Crippen LogP contribution is -2.00. The zero-order chi connectivity index (χ0) is 33.0. The van der Waals surface area contributed by atoms with Crippen LogP contribution in [0, 0.1) is 0 Å². The summed E-state index contributed by atoms with van der Waals surface area (Å²) >= 11 is 0. The number of aromatic nitrogens is 3. The first-order chi connectivity index (χ1) is 24.8. The molecule has 0 unspecified atom stereocenters. The molecule has 0 amide bonds. The van der Waals surface area contributed by atoms with Crippen molar-refractivity contribution in [1.29, 1.82) is 0 Å². The molecule has 3 aromatic heterocycles. The maximum atomic E-state index is 5.00. The van der Waals surface area contributed by atoms with Crippen molar-refractivity contribution in [1.82, 2.24) is 15.0 Å². The molecule has 50 heavy (non-hydrogen) atoms. The second-order valence-electron chi connectivity index (χ2n) is 13.1. The third-order valence-corrected chi connectivity index (χ3v) is 10.3. The average molecular weight is 638 g/mol. The van der Waals surface area contributed by atoms with Gasteiger partial charge in [0.1, 0.15) is 0 Å². The molecular weight excluding hydrogens is 607 g/mol. The van der Waals surface area contributed by atoms with Crippen LogP contribution in [0.5, 0.6) is 0 Å². The summed E-state index contributed by atoms with van der Waals surface area (Å²) in [6, 6.07) is 50.5. The number of aryl methyl sites for hydroxylation is 1. The second-order valence-corrected chi connectivity index (χ2v) is 13.1. The Bertz CT molecular complexity index is 2830. The number of pyridine rings is 3. The molecule has 1 aliphatic carbocycles. The smallest absolute Gasteiger partial charge is 0.0970 e. The van der Waals surface area contributed by atoms with Crippen molar-refractivity contribution in [3.8, 4) is 33.4 Å². The van der Waals surface area contributed by atoms with Gasteiger partial charge in [-0.15, -0.1) is 0 Å². The van der Waals surface area contributed by atoms with Crippen LogP contribution < -0.4 is 0 Å². The zero-order valence-electron chi connectivity index (χ0n) is 27.3. The van der Waals surface area contributed by atoms with Gasteiger partial charge in [0.2, 0.25) is 0 Å². The normalized spacial score (nSPS) is 13.8. The molecule has 0 aliphatic heterocycles. The van der Waals surface area contributed by atoms with Gasteiger partial charge in [0.05, 0.1) is 16.6 Å². The maximum Gasteiger partial charge on any atom is 0.0970 e. The highest BCUT2D eigenvalue weighted by atomic mass is 14.7. The standard InChI is InChI=1S/C47H31N3/c1-3-15-36-30(9-1)11-6-17-35(41-21-19-31-10-2-4-16-37(31)44(36)41)33-12-5-13-34(29-33)38-23-24-39(42-18-8-27-49-46(38)42)40-25-28-50-47-43(40)22-20-32-14-7-26-48-45(32)47/h1-5,7-10,12-29H,6,11H2/b35-17-. The number of fused-ring (bicyclic) bond motifs is 9. The molecule has 3 nitrogen and oxygen atoms in total. The van der Waals surface area contributed by atoms with Crippen molar-refractivity contribution in [3.63, 3.8) is 0 Å². The van der Waals surface area contributed by atoms with Crippen molar-refractivity contribution in [2.75, 3.05) is 0 Å². The van der Waals surface area contributed by atoms with E-state index in [-0.39, 0.29) is 0 Å². The lowest BCUT2D eigenvalue weighted by molar-refractivity contribution is 1.00. The van der Waals surface area contributed by atoms with Gasteiger partial charge in [-0.1, -0.05) is 121 Å². The fraction of sp³-hybridized carbons (Fsp3) is 0.0426. The number of hydrogen-bond acceptors (Lipinski definition) is 3. The highest BCUT2D eigenvalue weighted by Gasteiger charge is 2.20. The summed E-state index contributed by atoms with van der Waals surface area (Å²) in [7, 11) is 0. The minimum atomic E-state index is 0.914. The molecule has 0 spiro atoms. The van der Waals surface area contributed by atoms with Crippen molar-refractivity contribution in [2.45, 2.75) is 12.8 Å². The first kappa shape index (κ1) is 28.6. The molecule has 234 valence electrons. The van der Waals surface area contributed by atoms with Crippen LogP contribution in [0.3, 0.4) is 0 Å². The van der Waals surface area contributed by atoms with E-state index in [1.807, 2.05) is 30.7 Å². The number of allylic oxidation sites excluding steroid dienone is 1. The average Bonchev–Trinajstić information content (AvgIpc) is 3.18. The predicted molar refractivity (Wildman–Crippen MR) is 208 cm³/mol. The molecular formula is C47H31N3. The Hall–Kier alpha value is -6.45. The third kappa shape index (κ3) is 4.55. The second kappa shape index (κ2) is 11.6. The summed E-state index contributed by atoms with van der Waals surface area (Å²) in [5, 5.41) is 5.84. The Labute approximate surface area is 290 Å². The minimum absolute atomic E-state index is 0.914. The Morgan fingerprint density at radius 1 is 0.400 bits per heavy atom. The number of nitrogens with zero attached hydrogens (tertiary/aromatic N) is 3. The molecule has 0 atom stereocenters. The van der Waals surface area contributed by atoms with Crippen LogP contribution in [-0.4, -0.2) is 15.0 Å². The molecule has 0 radical (unpaired) electrons. The van der Waals surface area contributed by atoms with E-state index in [2.05, 4.69) is 138 Å². The topological polar surface area (TPSA) is 38.7 Å². The molecule has 3 heteroatoms. The quantitative estimate of drug-likeness (QED) is 0.181. The summed E-state index contributed by atoms with van der Waals surface area (Å²) in [6.07, 6.45) is 10.1. The van der Waals surface area contributed by atoms with E-state index in [0.717, 1.165) is 67.8 Å². The lowest BCUT2D eigenvalue weighted by atomic mass is 9.82. The molecule has 6 aromatic carbocycles. The Kier molecular flexibility index (Phi) is 6.63. The zero-order valence-corrected chi connectivity index (χ0v) is 27.3. The van der Waals surface area contributed by atoms with Crippen LogP contribution >= 0.6 is 0 Å². The van der Waals surface area contributed by atoms with Gasteiger partial charge in [-0.2, -0.15) is 0 Å². The van der Waals surface area contributed by atoms with Gasteiger partial charge >= 0.3 is 0 Å². The molecule has 0 saturated heterocycles. The van der Waals surface area contributed by atoms with Crippen molar-refractivity contribution >= 4 is 49.1 Å². The van der Waals surface area contributed by atoms with E-state index in [4.69, 9.17) is 9.97 Å². The highest BCUT2D eigenvalue weighted by molar-refractivity contribution is 6.12. The van der Waals surface area contributed by atoms with Gasteiger partial charge in [0.25, 0.3) is 0 Å². The van der Waals surface area contributed by atoms with Crippen molar-refractivity contribution < 1.29 is 0 Å². The fourth-order valence-electron chi connectivity index (χ4n) is 8.01. The lowest BCUT2D eigenvalue weighted by Gasteiger charge is -2.22. The van der Waals surface area contributed by atoms with Gasteiger partial charge < -0.3 is 0 Å². The van der Waals surface area contributed by atoms with E-state index >= 15 is 0 Å². The maximum absolute atomic E-state index is 5.00. The Morgan fingerprint density at radius 3 is 2.08 bits per heavy atom. The van der Waals surface area contributed by atoms with Gasteiger partial charge in [-0.3, -0.25) is 15.0 Å². The van der Waals surface area contributed by atoms with Crippen LogP contribution in [0.15, 0.2) is 164 Å². The van der Waals surface area contributed by atoms with Crippen LogP contribution in [0.4, 0.5) is 0 Å². The molecule has 1 aliphatic rings. The number of benzene rings is 6. The number of rotatable bonds is 3. The van der Waals surface area contributed by atoms with E-state index in [1.54, 1.807) is 0 Å². The third-order valence-electron chi connectivity index (χ3n) is 10.3. The molecule has 0 bridgehead atoms. The van der Waals surface area contributed by atoms with Gasteiger partial charge in [-0.05, 0) is 98.0 Å². The Morgan fingerprint density at radius 2 is 1.10 bits per heavy atom. The van der Waals surface area contributed by atoms with Crippen LogP contribution in [0.25, 0.3) is 82.4 Å². The van der Waals surface area contributed by atoms with E-state index in [9.17, 15) is 0 Å². The summed E-state index contributed by atoms with van der Waals surface area (Å²) in [5.41, 5.74) is 15.2. The van der Waals surface area contributed by atoms with Crippen molar-refractivity contribution in [2.24, 2.45) is 0 Å². The van der Waals surface area contributed by atoms with Gasteiger partial charge in [-0.25, -0.2) is 0 Å². The predicted octanol–water partition coefficient (Wildman–Crippen LogP) is 11.9. The minimum Gasteiger partial charge on any atom is -0.256 e. The molecule has 10 rings (SSSR count). The van der Waals surface area contributed by atoms with Gasteiger partial charge in [0.15, 0.2) is 0 Å². The van der Waals surface area contributed by atoms with E-state index < -0.39 is 0 Å². The van der Waals surface area contributed by atoms with Crippen molar-refractivity contribution in [3.05, 3.63) is 181 Å². The highest BCUT2D eigenvalue weighted by Crippen LogP contribution is 2.43. The summed E-state index contributed by atoms with van der Waals surface area (Å²) in [4.78, 5) is 14.4. The molecule has 0 saturated carbocycles. The fourth-order valence-corrected chi connectivity index (χ4v) is 8.01. The van der Waals surface area contributed by atoms with Crippen LogP contribution in [0.1, 0.15) is 23.1 Å². The SMILES string of the molecule is C1=C(/c2cccc(-c3ccc(-c4ccnc5c4ccc4cccnc45)c4cccnc34)c2)c2ccc3ccccc3c2-c2ccccc2CC/1. The molecule has 3 heterocycles. The van der Waals surface area contributed by atoms with Crippen LogP contribution in [-0.2, 0) is 6.42 Å². The van der Waals surface area contributed by atoms with Gasteiger partial charge in [0, 0.05) is 40.3 Å². The molecule has 0 N–H and O–H groups in total. The summed E-state index contributed by atoms with van der Waals surface area (Å²) in [5.74, 6) is 0. The monoisotopic (exact) mass is 637 g/mol. The first-order valence-electron chi connectivity index (χ1n) is 17.2. The van der Waals surface area contributed by atoms with Crippen LogP contribution in [0.2, 0.25) is 0 Å².